The Morgan fingerprint density at radius 3 is 1.36 bits per heavy atom. The summed E-state index contributed by atoms with van der Waals surface area (Å²) in [6.07, 6.45) is 1.15. The molecular formula is C16H39Cl2NSi3. The van der Waals surface area contributed by atoms with Crippen LogP contribution in [0.25, 0.3) is 0 Å². The first kappa shape index (κ1) is 23.2. The molecule has 1 atom stereocenters. The third kappa shape index (κ3) is 5.09. The molecule has 6 heteroatoms. The molecule has 0 fully saturated rings. The summed E-state index contributed by atoms with van der Waals surface area (Å²) in [5.41, 5.74) is 0. The van der Waals surface area contributed by atoms with Crippen molar-refractivity contribution in [1.82, 2.24) is 4.23 Å². The lowest BCUT2D eigenvalue weighted by molar-refractivity contribution is 0.412. The standard InChI is InChI=1S/C16H39Cl2NSi3/c1-12-14(13-20(17)18)19(21(8,9)15(2,3)4)22(10,11)16(5,6)7/h14,20H,12-13H2,1-11H3. The highest BCUT2D eigenvalue weighted by Crippen LogP contribution is 2.48. The molecule has 0 aromatic heterocycles. The molecule has 0 aliphatic carbocycles. The van der Waals surface area contributed by atoms with E-state index in [9.17, 15) is 0 Å². The van der Waals surface area contributed by atoms with Gasteiger partial charge in [0.25, 0.3) is 0 Å². The van der Waals surface area contributed by atoms with Gasteiger partial charge in [0.2, 0.25) is 7.42 Å². The maximum absolute atomic E-state index is 6.33. The quantitative estimate of drug-likeness (QED) is 0.351. The van der Waals surface area contributed by atoms with Crippen molar-refractivity contribution >= 4 is 46.0 Å². The third-order valence-electron chi connectivity index (χ3n) is 6.16. The van der Waals surface area contributed by atoms with E-state index in [1.165, 1.54) is 0 Å². The third-order valence-corrected chi connectivity index (χ3v) is 22.0. The summed E-state index contributed by atoms with van der Waals surface area (Å²) in [7, 11) is -4.87. The van der Waals surface area contributed by atoms with Crippen molar-refractivity contribution in [2.75, 3.05) is 0 Å². The minimum Gasteiger partial charge on any atom is -0.342 e. The monoisotopic (exact) mass is 399 g/mol. The van der Waals surface area contributed by atoms with E-state index in [4.69, 9.17) is 22.2 Å². The zero-order valence-electron chi connectivity index (χ0n) is 16.8. The van der Waals surface area contributed by atoms with Crippen LogP contribution < -0.4 is 0 Å². The highest BCUT2D eigenvalue weighted by molar-refractivity contribution is 7.33. The lowest BCUT2D eigenvalue weighted by atomic mass is 10.2. The van der Waals surface area contributed by atoms with Crippen LogP contribution in [0.15, 0.2) is 0 Å². The molecule has 0 saturated carbocycles. The van der Waals surface area contributed by atoms with Gasteiger partial charge < -0.3 is 4.23 Å². The fourth-order valence-electron chi connectivity index (χ4n) is 2.99. The van der Waals surface area contributed by atoms with Gasteiger partial charge >= 0.3 is 0 Å². The normalized spacial score (nSPS) is 16.5. The molecule has 0 spiro atoms. The molecule has 0 N–H and O–H groups in total. The predicted octanol–water partition coefficient (Wildman–Crippen LogP) is 6.78. The highest BCUT2D eigenvalue weighted by atomic mass is 35.7. The van der Waals surface area contributed by atoms with Crippen molar-refractivity contribution in [2.24, 2.45) is 0 Å². The van der Waals surface area contributed by atoms with Crippen LogP contribution >= 0.6 is 22.2 Å². The van der Waals surface area contributed by atoms with Crippen LogP contribution in [0.2, 0.25) is 42.3 Å². The number of hydrogen-bond acceptors (Lipinski definition) is 1. The molecule has 0 aromatic carbocycles. The van der Waals surface area contributed by atoms with Gasteiger partial charge in [-0.15, -0.1) is 0 Å². The Kier molecular flexibility index (Phi) is 8.02. The summed E-state index contributed by atoms with van der Waals surface area (Å²) in [5, 5.41) is 0.678. The summed E-state index contributed by atoms with van der Waals surface area (Å²) in [6.45, 7) is 27.0. The van der Waals surface area contributed by atoms with Crippen molar-refractivity contribution < 1.29 is 0 Å². The summed E-state index contributed by atoms with van der Waals surface area (Å²) < 4.78 is 3.00. The molecule has 0 rings (SSSR count). The Morgan fingerprint density at radius 2 is 1.18 bits per heavy atom. The van der Waals surface area contributed by atoms with Crippen molar-refractivity contribution in [1.29, 1.82) is 0 Å². The molecule has 0 bridgehead atoms. The smallest absolute Gasteiger partial charge is 0.238 e. The van der Waals surface area contributed by atoms with E-state index in [0.717, 1.165) is 12.5 Å². The second-order valence-electron chi connectivity index (χ2n) is 9.68. The predicted molar refractivity (Wildman–Crippen MR) is 114 cm³/mol. The zero-order valence-corrected chi connectivity index (χ0v) is 21.4. The van der Waals surface area contributed by atoms with E-state index < -0.39 is 23.9 Å². The van der Waals surface area contributed by atoms with Crippen molar-refractivity contribution in [3.8, 4) is 0 Å². The van der Waals surface area contributed by atoms with E-state index >= 15 is 0 Å². The van der Waals surface area contributed by atoms with Gasteiger partial charge in [0.1, 0.15) is 16.5 Å². The van der Waals surface area contributed by atoms with Gasteiger partial charge in [-0.25, -0.2) is 0 Å². The van der Waals surface area contributed by atoms with Crippen LogP contribution in [-0.2, 0) is 0 Å². The molecule has 0 aromatic rings. The van der Waals surface area contributed by atoms with Crippen LogP contribution in [0.5, 0.6) is 0 Å². The zero-order chi connectivity index (χ0) is 18.1. The van der Waals surface area contributed by atoms with Gasteiger partial charge in [-0.2, -0.15) is 22.2 Å². The summed E-state index contributed by atoms with van der Waals surface area (Å²) in [5.74, 6) is 0. The number of hydrogen-bond donors (Lipinski definition) is 0. The molecule has 0 radical (unpaired) electrons. The Balaban J connectivity index is 6.11. The highest BCUT2D eigenvalue weighted by Gasteiger charge is 2.53. The van der Waals surface area contributed by atoms with Crippen LogP contribution in [0.3, 0.4) is 0 Å². The maximum Gasteiger partial charge on any atom is 0.238 e. The Bertz CT molecular complexity index is 331. The van der Waals surface area contributed by atoms with E-state index in [1.54, 1.807) is 0 Å². The van der Waals surface area contributed by atoms with E-state index in [-0.39, 0.29) is 0 Å². The van der Waals surface area contributed by atoms with Crippen LogP contribution in [0.4, 0.5) is 0 Å². The van der Waals surface area contributed by atoms with Crippen molar-refractivity contribution in [3.63, 3.8) is 0 Å². The number of rotatable bonds is 6. The average molecular weight is 401 g/mol. The fourth-order valence-corrected chi connectivity index (χ4v) is 17.1. The van der Waals surface area contributed by atoms with Gasteiger partial charge in [0, 0.05) is 0 Å². The molecule has 134 valence electrons. The minimum absolute atomic E-state index is 0.339. The SMILES string of the molecule is CCC(C[SiH](Cl)Cl)N([Si](C)(C)C(C)(C)C)[Si](C)(C)C(C)(C)C. The molecule has 0 aliphatic heterocycles. The van der Waals surface area contributed by atoms with Gasteiger partial charge in [0.05, 0.1) is 0 Å². The lowest BCUT2D eigenvalue weighted by Gasteiger charge is -2.60. The van der Waals surface area contributed by atoms with Crippen LogP contribution in [0.1, 0.15) is 54.9 Å². The Hall–Kier alpha value is 1.19. The van der Waals surface area contributed by atoms with Gasteiger partial charge in [0.15, 0.2) is 0 Å². The molecule has 0 heterocycles. The second-order valence-corrected chi connectivity index (χ2v) is 25.4. The molecule has 1 unspecified atom stereocenters. The molecular weight excluding hydrogens is 361 g/mol. The summed E-state index contributed by atoms with van der Waals surface area (Å²) in [4.78, 5) is 0. The van der Waals surface area contributed by atoms with E-state index in [0.29, 0.717) is 16.1 Å². The molecule has 0 aliphatic rings. The fraction of sp³-hybridized carbons (Fsp3) is 1.00. The second kappa shape index (κ2) is 7.61. The molecule has 22 heavy (non-hydrogen) atoms. The van der Waals surface area contributed by atoms with Gasteiger partial charge in [-0.05, 0) is 28.6 Å². The Labute approximate surface area is 153 Å². The summed E-state index contributed by atoms with van der Waals surface area (Å²) >= 11 is 12.7. The van der Waals surface area contributed by atoms with Gasteiger partial charge in [-0.3, -0.25) is 0 Å². The van der Waals surface area contributed by atoms with Crippen LogP contribution in [-0.4, -0.2) is 34.2 Å². The molecule has 0 amide bonds. The lowest BCUT2D eigenvalue weighted by Crippen LogP contribution is -2.71. The molecule has 0 saturated heterocycles. The first-order chi connectivity index (χ1) is 9.50. The largest absolute Gasteiger partial charge is 0.342 e. The first-order valence-electron chi connectivity index (χ1n) is 8.57. The van der Waals surface area contributed by atoms with E-state index in [2.05, 4.69) is 78.9 Å². The topological polar surface area (TPSA) is 3.24 Å². The minimum atomic E-state index is -1.63. The Morgan fingerprint density at radius 1 is 0.864 bits per heavy atom. The van der Waals surface area contributed by atoms with E-state index in [1.807, 2.05) is 0 Å². The van der Waals surface area contributed by atoms with Gasteiger partial charge in [-0.1, -0.05) is 74.7 Å². The van der Waals surface area contributed by atoms with Crippen molar-refractivity contribution in [2.45, 2.75) is 103 Å². The number of nitrogens with zero attached hydrogens (tertiary/aromatic N) is 1. The van der Waals surface area contributed by atoms with Crippen LogP contribution in [0, 0.1) is 0 Å². The average Bonchev–Trinajstić information content (AvgIpc) is 2.23. The summed E-state index contributed by atoms with van der Waals surface area (Å²) in [6, 6.07) is 1.56. The first-order valence-corrected chi connectivity index (χ1v) is 18.8. The van der Waals surface area contributed by atoms with Crippen molar-refractivity contribution in [3.05, 3.63) is 0 Å². The number of halogens is 2. The molecule has 1 nitrogen and oxygen atoms in total. The maximum atomic E-state index is 6.33.